The molecule has 2 fully saturated rings. The van der Waals surface area contributed by atoms with Crippen molar-refractivity contribution in [2.24, 2.45) is 11.7 Å². The van der Waals surface area contributed by atoms with Gasteiger partial charge in [-0.25, -0.2) is 8.42 Å². The molecule has 1 saturated heterocycles. The molecular weight excluding hydrogens is 362 g/mol. The third kappa shape index (κ3) is 4.63. The van der Waals surface area contributed by atoms with Gasteiger partial charge in [-0.2, -0.15) is 0 Å². The Hall–Kier alpha value is -1.60. The smallest absolute Gasteiger partial charge is 0.229 e. The van der Waals surface area contributed by atoms with E-state index in [1.165, 1.54) is 12.8 Å². The third-order valence-electron chi connectivity index (χ3n) is 5.92. The summed E-state index contributed by atoms with van der Waals surface area (Å²) in [4.78, 5) is 14.5. The fourth-order valence-electron chi connectivity index (χ4n) is 4.16. The Morgan fingerprint density at radius 1 is 1.22 bits per heavy atom. The van der Waals surface area contributed by atoms with Crippen LogP contribution in [0.25, 0.3) is 0 Å². The molecule has 0 radical (unpaired) electrons. The minimum absolute atomic E-state index is 0.270. The monoisotopic (exact) mass is 393 g/mol. The van der Waals surface area contributed by atoms with Gasteiger partial charge in [0.25, 0.3) is 0 Å². The van der Waals surface area contributed by atoms with Crippen LogP contribution < -0.4 is 10.5 Å². The molecule has 1 aliphatic heterocycles. The molecule has 1 amide bonds. The van der Waals surface area contributed by atoms with E-state index < -0.39 is 15.4 Å². The molecule has 0 spiro atoms. The summed E-state index contributed by atoms with van der Waals surface area (Å²) >= 11 is 0. The van der Waals surface area contributed by atoms with Gasteiger partial charge >= 0.3 is 0 Å². The molecule has 2 aliphatic rings. The first-order valence-corrected chi connectivity index (χ1v) is 11.7. The molecule has 0 aromatic heterocycles. The molecule has 1 aromatic rings. The molecule has 1 aliphatic carbocycles. The molecule has 6 nitrogen and oxygen atoms in total. The number of benzene rings is 1. The maximum Gasteiger partial charge on any atom is 0.229 e. The summed E-state index contributed by atoms with van der Waals surface area (Å²) < 4.78 is 26.2. The topological polar surface area (TPSA) is 92.5 Å². The van der Waals surface area contributed by atoms with Gasteiger partial charge in [-0.05, 0) is 73.9 Å². The predicted octanol–water partition coefficient (Wildman–Crippen LogP) is 2.41. The Morgan fingerprint density at radius 2 is 1.85 bits per heavy atom. The normalized spacial score (nSPS) is 20.6. The number of nitrogens with zero attached hydrogens (tertiary/aromatic N) is 1. The number of nitrogens with one attached hydrogen (secondary N) is 1. The molecule has 27 heavy (non-hydrogen) atoms. The number of rotatable bonds is 8. The molecule has 7 heteroatoms. The largest absolute Gasteiger partial charge is 0.369 e. The van der Waals surface area contributed by atoms with Crippen LogP contribution in [0, 0.1) is 5.92 Å². The molecule has 1 unspecified atom stereocenters. The van der Waals surface area contributed by atoms with E-state index in [1.807, 2.05) is 6.07 Å². The number of hydrogen-bond acceptors (Lipinski definition) is 4. The maximum absolute atomic E-state index is 12.0. The fraction of sp³-hybridized carbons (Fsp3) is 0.650. The lowest BCUT2D eigenvalue weighted by Crippen LogP contribution is -2.30. The fourth-order valence-corrected chi connectivity index (χ4v) is 4.71. The zero-order valence-corrected chi connectivity index (χ0v) is 17.3. The lowest BCUT2D eigenvalue weighted by molar-refractivity contribution is -0.120. The highest BCUT2D eigenvalue weighted by atomic mass is 32.2. The van der Waals surface area contributed by atoms with E-state index in [-0.39, 0.29) is 11.8 Å². The maximum atomic E-state index is 12.0. The number of hydrogen-bond donors (Lipinski definition) is 2. The van der Waals surface area contributed by atoms with Gasteiger partial charge in [0.2, 0.25) is 15.9 Å². The van der Waals surface area contributed by atoms with Crippen molar-refractivity contribution in [3.05, 3.63) is 29.3 Å². The Kier molecular flexibility index (Phi) is 5.54. The summed E-state index contributed by atoms with van der Waals surface area (Å²) in [6.45, 7) is 7.56. The van der Waals surface area contributed by atoms with Crippen LogP contribution in [0.5, 0.6) is 0 Å². The van der Waals surface area contributed by atoms with Crippen molar-refractivity contribution in [2.45, 2.75) is 50.9 Å². The van der Waals surface area contributed by atoms with E-state index in [2.05, 4.69) is 29.5 Å². The van der Waals surface area contributed by atoms with Gasteiger partial charge in [-0.3, -0.25) is 9.52 Å². The first kappa shape index (κ1) is 20.1. The van der Waals surface area contributed by atoms with Gasteiger partial charge in [-0.1, -0.05) is 19.9 Å². The van der Waals surface area contributed by atoms with Crippen LogP contribution in [0.3, 0.4) is 0 Å². The van der Waals surface area contributed by atoms with Crippen molar-refractivity contribution in [3.63, 3.8) is 0 Å². The third-order valence-corrected chi connectivity index (χ3v) is 6.53. The van der Waals surface area contributed by atoms with E-state index >= 15 is 0 Å². The van der Waals surface area contributed by atoms with E-state index in [1.54, 1.807) is 6.07 Å². The Bertz CT molecular complexity index is 810. The summed E-state index contributed by atoms with van der Waals surface area (Å²) in [6.07, 6.45) is 5.06. The average molecular weight is 394 g/mol. The molecule has 1 heterocycles. The van der Waals surface area contributed by atoms with Crippen molar-refractivity contribution < 1.29 is 13.2 Å². The standard InChI is InChI=1S/C20H31N3O3S/c1-14(2)18(13-23-8-4-5-9-23)15-10-16(20(6-7-20)19(21)24)12-17(11-15)22-27(3,25)26/h10-12,14,18,22H,4-9,13H2,1-3H3,(H2,21,24). The van der Waals surface area contributed by atoms with Gasteiger partial charge in [0.15, 0.2) is 0 Å². The molecule has 1 aromatic carbocycles. The lowest BCUT2D eigenvalue weighted by atomic mass is 9.84. The number of carbonyl (C=O) groups is 1. The van der Waals surface area contributed by atoms with Gasteiger partial charge in [0, 0.05) is 12.2 Å². The van der Waals surface area contributed by atoms with Crippen LogP contribution in [-0.4, -0.2) is 45.1 Å². The van der Waals surface area contributed by atoms with Crippen LogP contribution in [0.2, 0.25) is 0 Å². The summed E-state index contributed by atoms with van der Waals surface area (Å²) in [7, 11) is -3.40. The minimum atomic E-state index is -3.40. The van der Waals surface area contributed by atoms with Crippen molar-refractivity contribution in [1.29, 1.82) is 0 Å². The lowest BCUT2D eigenvalue weighted by Gasteiger charge is -2.28. The van der Waals surface area contributed by atoms with Crippen LogP contribution in [-0.2, 0) is 20.2 Å². The SMILES string of the molecule is CC(C)C(CN1CCCC1)c1cc(NS(C)(=O)=O)cc(C2(C(N)=O)CC2)c1. The Labute approximate surface area is 162 Å². The molecule has 150 valence electrons. The number of carbonyl (C=O) groups excluding carboxylic acids is 1. The second kappa shape index (κ2) is 7.43. The second-order valence-corrected chi connectivity index (χ2v) is 10.3. The summed E-state index contributed by atoms with van der Waals surface area (Å²) in [5, 5.41) is 0. The van der Waals surface area contributed by atoms with E-state index in [4.69, 9.17) is 5.73 Å². The zero-order chi connectivity index (χ0) is 19.8. The second-order valence-electron chi connectivity index (χ2n) is 8.52. The molecular formula is C20H31N3O3S. The summed E-state index contributed by atoms with van der Waals surface area (Å²) in [5.41, 5.74) is 7.47. The van der Waals surface area contributed by atoms with Crippen molar-refractivity contribution in [3.8, 4) is 0 Å². The molecule has 1 saturated carbocycles. The van der Waals surface area contributed by atoms with Gasteiger partial charge < -0.3 is 10.6 Å². The van der Waals surface area contributed by atoms with Gasteiger partial charge in [0.1, 0.15) is 0 Å². The van der Waals surface area contributed by atoms with E-state index in [0.29, 0.717) is 11.6 Å². The molecule has 1 atom stereocenters. The van der Waals surface area contributed by atoms with E-state index in [0.717, 1.165) is 49.9 Å². The van der Waals surface area contributed by atoms with Crippen LogP contribution in [0.4, 0.5) is 5.69 Å². The number of anilines is 1. The van der Waals surface area contributed by atoms with Gasteiger partial charge in [0.05, 0.1) is 11.7 Å². The van der Waals surface area contributed by atoms with Crippen LogP contribution >= 0.6 is 0 Å². The summed E-state index contributed by atoms with van der Waals surface area (Å²) in [5.74, 6) is 0.341. The number of amides is 1. The number of primary amides is 1. The highest BCUT2D eigenvalue weighted by Gasteiger charge is 2.50. The number of sulfonamides is 1. The number of likely N-dealkylation sites (tertiary alicyclic amines) is 1. The zero-order valence-electron chi connectivity index (χ0n) is 16.5. The predicted molar refractivity (Wildman–Crippen MR) is 108 cm³/mol. The van der Waals surface area contributed by atoms with Crippen molar-refractivity contribution >= 4 is 21.6 Å². The average Bonchev–Trinajstić information content (AvgIpc) is 3.21. The molecule has 0 bridgehead atoms. The molecule has 3 N–H and O–H groups in total. The summed E-state index contributed by atoms with van der Waals surface area (Å²) in [6, 6.07) is 5.77. The Balaban J connectivity index is 2.01. The molecule has 3 rings (SSSR count). The highest BCUT2D eigenvalue weighted by Crippen LogP contribution is 2.49. The van der Waals surface area contributed by atoms with Crippen molar-refractivity contribution in [2.75, 3.05) is 30.6 Å². The Morgan fingerprint density at radius 3 is 2.33 bits per heavy atom. The minimum Gasteiger partial charge on any atom is -0.369 e. The first-order chi connectivity index (χ1) is 12.6. The van der Waals surface area contributed by atoms with Crippen molar-refractivity contribution in [1.82, 2.24) is 4.90 Å². The first-order valence-electron chi connectivity index (χ1n) is 9.76. The quantitative estimate of drug-likeness (QED) is 0.709. The van der Waals surface area contributed by atoms with Gasteiger partial charge in [-0.15, -0.1) is 0 Å². The number of nitrogens with two attached hydrogens (primary N) is 1. The highest BCUT2D eigenvalue weighted by molar-refractivity contribution is 7.92. The van der Waals surface area contributed by atoms with Crippen LogP contribution in [0.15, 0.2) is 18.2 Å². The van der Waals surface area contributed by atoms with E-state index in [9.17, 15) is 13.2 Å². The van der Waals surface area contributed by atoms with Crippen LogP contribution in [0.1, 0.15) is 56.6 Å².